The Kier molecular flexibility index (Phi) is 9.89. The molecule has 0 radical (unpaired) electrons. The number of rotatable bonds is 10. The average Bonchev–Trinajstić information content (AvgIpc) is 3.82. The summed E-state index contributed by atoms with van der Waals surface area (Å²) in [7, 11) is 0. The van der Waals surface area contributed by atoms with E-state index in [-0.39, 0.29) is 31.1 Å². The van der Waals surface area contributed by atoms with E-state index >= 15 is 0 Å². The number of nitrogens with zero attached hydrogens (tertiary/aromatic N) is 5. The summed E-state index contributed by atoms with van der Waals surface area (Å²) >= 11 is 3.36. The maximum absolute atomic E-state index is 13.6. The van der Waals surface area contributed by atoms with Crippen LogP contribution in [0.4, 0.5) is 10.1 Å². The largest absolute Gasteiger partial charge is 0.381 e. The van der Waals surface area contributed by atoms with Crippen LogP contribution in [0.2, 0.25) is 0 Å². The Morgan fingerprint density at radius 2 is 1.79 bits per heavy atom. The van der Waals surface area contributed by atoms with Gasteiger partial charge in [0, 0.05) is 15.7 Å². The van der Waals surface area contributed by atoms with Gasteiger partial charge in [-0.3, -0.25) is 14.4 Å². The van der Waals surface area contributed by atoms with Gasteiger partial charge in [0.1, 0.15) is 23.9 Å². The van der Waals surface area contributed by atoms with Crippen molar-refractivity contribution in [2.24, 2.45) is 0 Å². The maximum atomic E-state index is 13.6. The van der Waals surface area contributed by atoms with Gasteiger partial charge in [0.25, 0.3) is 17.7 Å². The summed E-state index contributed by atoms with van der Waals surface area (Å²) in [6.07, 6.45) is -1.58. The van der Waals surface area contributed by atoms with Crippen LogP contribution in [0, 0.1) is 5.82 Å². The molecule has 0 aliphatic carbocycles. The number of nitrogens with one attached hydrogen (secondary N) is 3. The fourth-order valence-electron chi connectivity index (χ4n) is 5.25. The molecule has 13 nitrogen and oxygen atoms in total. The van der Waals surface area contributed by atoms with Crippen molar-refractivity contribution in [2.45, 2.75) is 24.6 Å². The molecule has 3 heterocycles. The van der Waals surface area contributed by atoms with Crippen molar-refractivity contribution in [3.05, 3.63) is 124 Å². The molecule has 0 spiro atoms. The van der Waals surface area contributed by atoms with Crippen molar-refractivity contribution in [1.29, 1.82) is 0 Å². The minimum absolute atomic E-state index is 0.0188. The normalized spacial score (nSPS) is 15.5. The van der Waals surface area contributed by atoms with Crippen molar-refractivity contribution in [1.82, 2.24) is 35.8 Å². The quantitative estimate of drug-likeness (QED) is 0.168. The van der Waals surface area contributed by atoms with Gasteiger partial charge in [-0.2, -0.15) is 5.21 Å². The van der Waals surface area contributed by atoms with Crippen molar-refractivity contribution < 1.29 is 28.6 Å². The lowest BCUT2D eigenvalue weighted by Crippen LogP contribution is -2.50. The molecule has 48 heavy (non-hydrogen) atoms. The van der Waals surface area contributed by atoms with Crippen LogP contribution in [0.15, 0.2) is 95.5 Å². The molecule has 6 rings (SSSR count). The number of hydrogen-bond acceptors (Lipinski definition) is 9. The summed E-state index contributed by atoms with van der Waals surface area (Å²) in [5, 5.41) is 30.4. The molecule has 1 saturated heterocycles. The van der Waals surface area contributed by atoms with Gasteiger partial charge in [0.2, 0.25) is 5.82 Å². The second-order valence-corrected chi connectivity index (χ2v) is 11.8. The lowest BCUT2D eigenvalue weighted by molar-refractivity contribution is -0.125. The van der Waals surface area contributed by atoms with E-state index < -0.39 is 41.7 Å². The van der Waals surface area contributed by atoms with Gasteiger partial charge in [-0.25, -0.2) is 9.37 Å². The number of tetrazole rings is 1. The first-order chi connectivity index (χ1) is 23.2. The summed E-state index contributed by atoms with van der Waals surface area (Å²) < 4.78 is 19.5. The van der Waals surface area contributed by atoms with Crippen molar-refractivity contribution in [2.75, 3.05) is 18.7 Å². The smallest absolute Gasteiger partial charge is 0.274 e. The van der Waals surface area contributed by atoms with Crippen LogP contribution in [0.25, 0.3) is 11.4 Å². The predicted molar refractivity (Wildman–Crippen MR) is 174 cm³/mol. The molecular weight excluding hydrogens is 687 g/mol. The van der Waals surface area contributed by atoms with Gasteiger partial charge in [-0.1, -0.05) is 70.5 Å². The number of aromatic nitrogens is 5. The van der Waals surface area contributed by atoms with Gasteiger partial charge in [0.05, 0.1) is 18.7 Å². The minimum Gasteiger partial charge on any atom is -0.381 e. The van der Waals surface area contributed by atoms with Gasteiger partial charge in [0.15, 0.2) is 6.10 Å². The van der Waals surface area contributed by atoms with Gasteiger partial charge < -0.3 is 25.4 Å². The van der Waals surface area contributed by atoms with Crippen LogP contribution in [-0.2, 0) is 16.0 Å². The molecule has 5 aromatic rings. The van der Waals surface area contributed by atoms with Gasteiger partial charge in [-0.05, 0) is 59.2 Å². The molecule has 0 bridgehead atoms. The Hall–Kier alpha value is -5.38. The molecule has 3 atom stereocenters. The molecule has 0 saturated carbocycles. The fourth-order valence-corrected chi connectivity index (χ4v) is 5.68. The first-order valence-corrected chi connectivity index (χ1v) is 15.5. The monoisotopic (exact) mass is 714 g/mol. The third-order valence-corrected chi connectivity index (χ3v) is 8.10. The topological polar surface area (TPSA) is 175 Å². The van der Waals surface area contributed by atoms with Crippen LogP contribution in [0.5, 0.6) is 0 Å². The average molecular weight is 716 g/mol. The number of aliphatic hydroxyl groups excluding tert-OH is 1. The highest BCUT2D eigenvalue weighted by atomic mass is 79.9. The summed E-state index contributed by atoms with van der Waals surface area (Å²) in [6, 6.07) is 22.9. The van der Waals surface area contributed by atoms with E-state index in [1.54, 1.807) is 48.5 Å². The number of ether oxygens (including phenoxy) is 1. The molecule has 3 aromatic carbocycles. The third kappa shape index (κ3) is 7.60. The number of aromatic amines is 1. The molecule has 2 aromatic heterocycles. The first-order valence-electron chi connectivity index (χ1n) is 14.7. The van der Waals surface area contributed by atoms with E-state index in [2.05, 4.69) is 52.2 Å². The lowest BCUT2D eigenvalue weighted by atomic mass is 10.00. The molecule has 1 aliphatic rings. The number of halogens is 2. The number of carbonyl (C=O) groups is 3. The number of H-pyrrole nitrogens is 1. The SMILES string of the molecule is O=C(N[C@@H](Cc1ccccc1)[C@H](O)C(=O)Nc1cccc(-c2nn[nH]n2)c1)c1cc(Br)cc(C(=O)N2COC[C@@H]2c2ccc(F)cc2)n1. The van der Waals surface area contributed by atoms with E-state index in [0.717, 1.165) is 5.56 Å². The highest BCUT2D eigenvalue weighted by molar-refractivity contribution is 9.10. The van der Waals surface area contributed by atoms with Crippen molar-refractivity contribution >= 4 is 39.3 Å². The zero-order chi connectivity index (χ0) is 33.6. The Balaban J connectivity index is 1.21. The van der Waals surface area contributed by atoms with E-state index in [9.17, 15) is 23.9 Å². The lowest BCUT2D eigenvalue weighted by Gasteiger charge is -2.24. The number of anilines is 1. The van der Waals surface area contributed by atoms with E-state index in [4.69, 9.17) is 4.74 Å². The summed E-state index contributed by atoms with van der Waals surface area (Å²) in [4.78, 5) is 46.3. The Morgan fingerprint density at radius 1 is 1.02 bits per heavy atom. The number of amides is 3. The molecule has 1 fully saturated rings. The summed E-state index contributed by atoms with van der Waals surface area (Å²) in [6.45, 7) is 0.191. The Bertz CT molecular complexity index is 1910. The first kappa shape index (κ1) is 32.6. The number of pyridine rings is 1. The number of carbonyl (C=O) groups excluding carboxylic acids is 3. The zero-order valence-electron chi connectivity index (χ0n) is 25.1. The van der Waals surface area contributed by atoms with E-state index in [1.807, 2.05) is 18.2 Å². The molecule has 0 unspecified atom stereocenters. The molecule has 244 valence electrons. The Morgan fingerprint density at radius 3 is 2.54 bits per heavy atom. The molecule has 3 amide bonds. The molecule has 15 heteroatoms. The predicted octanol–water partition coefficient (Wildman–Crippen LogP) is 3.68. The molecule has 1 aliphatic heterocycles. The number of aliphatic hydroxyl groups is 1. The highest BCUT2D eigenvalue weighted by Crippen LogP contribution is 2.28. The maximum Gasteiger partial charge on any atom is 0.274 e. The van der Waals surface area contributed by atoms with Crippen LogP contribution >= 0.6 is 15.9 Å². The van der Waals surface area contributed by atoms with Crippen LogP contribution in [0.3, 0.4) is 0 Å². The second kappa shape index (κ2) is 14.6. The van der Waals surface area contributed by atoms with Crippen molar-refractivity contribution in [3.8, 4) is 11.4 Å². The summed E-state index contributed by atoms with van der Waals surface area (Å²) in [5.74, 6) is -2.06. The fraction of sp³-hybridized carbons (Fsp3) is 0.182. The molecular formula is C33H28BrFN8O5. The second-order valence-electron chi connectivity index (χ2n) is 10.9. The van der Waals surface area contributed by atoms with E-state index in [0.29, 0.717) is 27.1 Å². The van der Waals surface area contributed by atoms with Gasteiger partial charge >= 0.3 is 0 Å². The van der Waals surface area contributed by atoms with Crippen molar-refractivity contribution in [3.63, 3.8) is 0 Å². The minimum atomic E-state index is -1.69. The zero-order valence-corrected chi connectivity index (χ0v) is 26.7. The van der Waals surface area contributed by atoms with E-state index in [1.165, 1.54) is 29.2 Å². The number of hydrogen-bond donors (Lipinski definition) is 4. The standard InChI is InChI=1S/C33H28BrFN8O5/c34-22-15-26(37-27(16-22)33(47)43-18-48-17-28(43)20-9-11-23(35)12-10-20)31(45)38-25(13-19-5-2-1-3-6-19)29(44)32(46)36-24-8-4-7-21(14-24)30-39-41-42-40-30/h1-12,14-16,25,28-29,44H,13,17-18H2,(H,36,46)(H,38,45)(H,39,40,41,42)/t25-,28+,29-/m0/s1. The Labute approximate surface area is 281 Å². The van der Waals surface area contributed by atoms with Crippen LogP contribution < -0.4 is 10.6 Å². The highest BCUT2D eigenvalue weighted by Gasteiger charge is 2.33. The molecule has 4 N–H and O–H groups in total. The van der Waals surface area contributed by atoms with Crippen LogP contribution in [0.1, 0.15) is 38.1 Å². The summed E-state index contributed by atoms with van der Waals surface area (Å²) in [5.41, 5.74) is 2.24. The van der Waals surface area contributed by atoms with Gasteiger partial charge in [-0.15, -0.1) is 10.2 Å². The third-order valence-electron chi connectivity index (χ3n) is 7.64. The number of benzene rings is 3. The van der Waals surface area contributed by atoms with Crippen LogP contribution in [-0.4, -0.2) is 78.8 Å².